The maximum Gasteiger partial charge on any atom is 0.490 e. The number of primary amides is 2. The molecule has 0 bridgehead atoms. The van der Waals surface area contributed by atoms with E-state index >= 15 is 14.4 Å². The summed E-state index contributed by atoms with van der Waals surface area (Å²) in [6, 6.07) is 7.85. The van der Waals surface area contributed by atoms with E-state index < -0.39 is 181 Å². The Morgan fingerprint density at radius 3 is 1.54 bits per heavy atom. The number of carboxylic acids is 4. The van der Waals surface area contributed by atoms with Crippen LogP contribution in [0.2, 0.25) is 5.02 Å². The Morgan fingerprint density at radius 1 is 0.598 bits per heavy atom. The summed E-state index contributed by atoms with van der Waals surface area (Å²) in [5.74, 6) is -16.7. The van der Waals surface area contributed by atoms with Gasteiger partial charge in [-0.3, -0.25) is 72.2 Å². The first-order chi connectivity index (χ1) is 52.9. The van der Waals surface area contributed by atoms with Crippen LogP contribution in [0.1, 0.15) is 61.3 Å². The Morgan fingerprint density at radius 2 is 1.06 bits per heavy atom. The zero-order valence-corrected chi connectivity index (χ0v) is 62.8. The number of amides is 11. The smallest absolute Gasteiger partial charge is 0.490 e. The molecule has 2 heterocycles. The molecule has 2 saturated heterocycles. The molecule has 10 atom stereocenters. The fourth-order valence-corrected chi connectivity index (χ4v) is 13.8. The number of aliphatic hydroxyl groups is 1. The van der Waals surface area contributed by atoms with Gasteiger partial charge in [-0.2, -0.15) is 13.2 Å². The second-order valence-electron chi connectivity index (χ2n) is 26.0. The highest BCUT2D eigenvalue weighted by Crippen LogP contribution is 2.25. The lowest BCUT2D eigenvalue weighted by atomic mass is 10.0. The largest absolute Gasteiger partial charge is 0.508 e. The van der Waals surface area contributed by atoms with Crippen molar-refractivity contribution in [3.8, 4) is 11.5 Å². The lowest BCUT2D eigenvalue weighted by Gasteiger charge is -2.30. The van der Waals surface area contributed by atoms with Crippen molar-refractivity contribution in [2.75, 3.05) is 75.7 Å². The van der Waals surface area contributed by atoms with Gasteiger partial charge >= 0.3 is 36.1 Å². The number of carbonyl (C=O) groups is 14. The molecule has 22 N–H and O–H groups in total. The Hall–Kier alpha value is -10.6. The van der Waals surface area contributed by atoms with Crippen molar-refractivity contribution in [1.82, 2.24) is 57.2 Å². The van der Waals surface area contributed by atoms with Gasteiger partial charge in [0.25, 0.3) is 0 Å². The van der Waals surface area contributed by atoms with Crippen LogP contribution in [0.25, 0.3) is 0 Å². The maximum absolute atomic E-state index is 15.3. The first-order valence-corrected chi connectivity index (χ1v) is 37.7. The Bertz CT molecular complexity index is 3870. The van der Waals surface area contributed by atoms with Crippen LogP contribution in [0.3, 0.4) is 0 Å². The summed E-state index contributed by atoms with van der Waals surface area (Å²) in [5, 5.41) is 92.1. The van der Waals surface area contributed by atoms with Gasteiger partial charge in [-0.1, -0.05) is 81.7 Å². The molecular weight excluding hydrogens is 1540 g/mol. The molecule has 2 fully saturated rings. The maximum atomic E-state index is 15.3. The van der Waals surface area contributed by atoms with Gasteiger partial charge in [0.2, 0.25) is 53.2 Å². The average Bonchev–Trinajstić information content (AvgIpc) is 0.952. The van der Waals surface area contributed by atoms with E-state index in [2.05, 4.69) is 47.9 Å². The number of halogens is 4. The monoisotopic (exact) mass is 1630 g/mol. The third-order valence-electron chi connectivity index (χ3n) is 17.3. The van der Waals surface area contributed by atoms with Gasteiger partial charge in [-0.25, -0.2) is 9.59 Å². The predicted octanol–water partition coefficient (Wildman–Crippen LogP) is -1.26. The van der Waals surface area contributed by atoms with Crippen molar-refractivity contribution in [1.29, 1.82) is 0 Å². The van der Waals surface area contributed by atoms with Crippen LogP contribution >= 0.6 is 33.2 Å². The lowest BCUT2D eigenvalue weighted by molar-refractivity contribution is -0.192. The van der Waals surface area contributed by atoms with E-state index in [0.29, 0.717) is 33.7 Å². The van der Waals surface area contributed by atoms with Crippen LogP contribution in [-0.2, 0) is 88.0 Å². The highest BCUT2D eigenvalue weighted by Gasteiger charge is 2.40. The molecule has 2 aliphatic heterocycles. The van der Waals surface area contributed by atoms with Gasteiger partial charge in [0.05, 0.1) is 19.2 Å². The second-order valence-corrected chi connectivity index (χ2v) is 29.0. The molecule has 0 aromatic heterocycles. The minimum Gasteiger partial charge on any atom is -0.508 e. The summed E-state index contributed by atoms with van der Waals surface area (Å²) < 4.78 is 31.7. The standard InChI is InChI=1S/C68H90ClN15O19S2.C2HF3O2/c1-38(85)58-66(100)80-53(64(98)76-48(59(71)93)30-41-9-17-45(86)18-10-41)37-105-104-36-52(79-61(95)49(31-39-5-13-43(69)14-6-39)74-55(88)22-21-54(67(101)102)84-28-26-82(34-56(89)90)24-25-83(27-29-84)35-57(91)92)65(99)78-51(33-42-11-19-46(87)20-12-42)63(97)77-50(32-40-7-15-44(16-8-40)73-68(72)103)62(96)75-47(60(94)81-58)4-2-3-23-70;3-2(4,5)1(6)7/h5-20,38,47-54,58,85-87H,2-4,21-37,70H2,1H3,(H2,71,93)(H,74,88)(H,75,96)(H,76,98)(H,77,97)(H,78,99)(H,79,95)(H,80,100)(H,81,94)(H,89,90)(H,91,92)(H,101,102)(H3,72,73,103);(H,6,7)/t38-,47+,48-,49+,50-,51+,52-,53+,54+,58+;/m1./s1. The number of phenols is 2. The minimum atomic E-state index is -5.08. The molecule has 0 spiro atoms. The third-order valence-corrected chi connectivity index (χ3v) is 19.9. The number of aliphatic hydroxyl groups excluding tert-OH is 1. The number of anilines is 1. The Kier molecular flexibility index (Phi) is 37.5. The van der Waals surface area contributed by atoms with Crippen LogP contribution in [0.5, 0.6) is 11.5 Å². The molecular formula is C70H91ClF3N15O21S2. The van der Waals surface area contributed by atoms with Crippen LogP contribution < -0.4 is 65.1 Å². The van der Waals surface area contributed by atoms with Crippen LogP contribution in [-0.4, -0.2) is 271 Å². The van der Waals surface area contributed by atoms with E-state index in [1.54, 1.807) is 12.1 Å². The molecule has 4 aromatic rings. The second kappa shape index (κ2) is 45.7. The number of rotatable bonds is 29. The van der Waals surface area contributed by atoms with E-state index in [1.165, 1.54) is 99.6 Å². The summed E-state index contributed by atoms with van der Waals surface area (Å²) >= 11 is 6.26. The number of carbonyl (C=O) groups excluding carboxylic acids is 10. The fraction of sp³-hybridized carbons (Fsp3) is 0.457. The average molecular weight is 1640 g/mol. The normalized spacial score (nSPS) is 20.1. The van der Waals surface area contributed by atoms with E-state index in [9.17, 15) is 91.8 Å². The number of hydrogen-bond donors (Lipinski definition) is 19. The van der Waals surface area contributed by atoms with Gasteiger partial charge in [0.15, 0.2) is 0 Å². The molecule has 0 saturated carbocycles. The van der Waals surface area contributed by atoms with Gasteiger partial charge in [-0.05, 0) is 110 Å². The summed E-state index contributed by atoms with van der Waals surface area (Å²) in [7, 11) is 1.68. The van der Waals surface area contributed by atoms with Crippen molar-refractivity contribution in [2.24, 2.45) is 17.2 Å². The van der Waals surface area contributed by atoms with Crippen molar-refractivity contribution in [3.05, 3.63) is 124 Å². The van der Waals surface area contributed by atoms with E-state index in [1.807, 2.05) is 0 Å². The number of aromatic hydroxyl groups is 2. The summed E-state index contributed by atoms with van der Waals surface area (Å²) in [6.07, 6.45) is -8.43. The number of aliphatic carboxylic acids is 4. The minimum absolute atomic E-state index is 0.00853. The molecule has 6 rings (SSSR count). The molecule has 112 heavy (non-hydrogen) atoms. The molecule has 36 nitrogen and oxygen atoms in total. The van der Waals surface area contributed by atoms with Gasteiger partial charge in [-0.15, -0.1) is 0 Å². The van der Waals surface area contributed by atoms with Crippen molar-refractivity contribution >= 4 is 122 Å². The number of nitrogens with two attached hydrogens (primary N) is 3. The highest BCUT2D eigenvalue weighted by molar-refractivity contribution is 8.76. The number of urea groups is 1. The molecule has 612 valence electrons. The fourth-order valence-electron chi connectivity index (χ4n) is 11.4. The summed E-state index contributed by atoms with van der Waals surface area (Å²) in [4.78, 5) is 193. The van der Waals surface area contributed by atoms with E-state index in [0.717, 1.165) is 28.5 Å². The number of carboxylic acid groups (broad SMARTS) is 4. The van der Waals surface area contributed by atoms with E-state index in [4.69, 9.17) is 38.7 Å². The van der Waals surface area contributed by atoms with Gasteiger partial charge in [0.1, 0.15) is 65.9 Å². The van der Waals surface area contributed by atoms with Gasteiger partial charge < -0.3 is 101 Å². The number of nitrogens with one attached hydrogen (secondary N) is 9. The van der Waals surface area contributed by atoms with Crippen LogP contribution in [0.4, 0.5) is 23.7 Å². The SMILES string of the molecule is C[C@@H](O)[C@@H]1NC(=O)[C@H](CCCCN)NC(=O)[C@@H](Cc2ccc(NC(N)=O)cc2)NC(=O)[C@H](Cc2ccc(O)cc2)NC(=O)[C@H](NC(=O)[C@H](Cc2ccc(Cl)cc2)NC(=O)CC[C@@H](C(=O)O)N2CCN(CC(=O)O)CCN(CC(=O)O)CC2)CSSC[C@@H](C(=O)N[C@H](Cc2ccc(O)cc2)C(N)=O)NC1=O.O=C(O)C(F)(F)F. The van der Waals surface area contributed by atoms with E-state index in [-0.39, 0.29) is 108 Å². The van der Waals surface area contributed by atoms with Crippen molar-refractivity contribution in [3.63, 3.8) is 0 Å². The van der Waals surface area contributed by atoms with Gasteiger partial charge in [0, 0.05) is 93.6 Å². The number of benzene rings is 4. The zero-order chi connectivity index (χ0) is 82.9. The Labute approximate surface area is 652 Å². The summed E-state index contributed by atoms with van der Waals surface area (Å²) in [5.41, 5.74) is 18.8. The third kappa shape index (κ3) is 32.8. The molecule has 0 unspecified atom stereocenters. The number of alkyl halides is 3. The number of unbranched alkanes of at least 4 members (excludes halogenated alkanes) is 1. The molecule has 2 aliphatic rings. The first-order valence-electron chi connectivity index (χ1n) is 34.8. The lowest BCUT2D eigenvalue weighted by Crippen LogP contribution is -2.62. The van der Waals surface area contributed by atoms with Crippen LogP contribution in [0, 0.1) is 0 Å². The molecule has 4 aromatic carbocycles. The summed E-state index contributed by atoms with van der Waals surface area (Å²) in [6.45, 7) is 0.957. The first kappa shape index (κ1) is 92.0. The van der Waals surface area contributed by atoms with Crippen molar-refractivity contribution < 1.29 is 116 Å². The number of nitrogens with zero attached hydrogens (tertiary/aromatic N) is 3. The molecule has 0 radical (unpaired) electrons. The number of hydrogen-bond acceptors (Lipinski definition) is 23. The quantitative estimate of drug-likeness (QED) is 0.0223. The Balaban J connectivity index is 0.00000305. The topological polar surface area (TPSA) is 577 Å². The highest BCUT2D eigenvalue weighted by atomic mass is 35.5. The molecule has 42 heteroatoms. The van der Waals surface area contributed by atoms with Crippen molar-refractivity contribution in [2.45, 2.75) is 131 Å². The molecule has 11 amide bonds. The van der Waals surface area contributed by atoms with Crippen LogP contribution in [0.15, 0.2) is 97.1 Å². The molecule has 0 aliphatic carbocycles. The predicted molar refractivity (Wildman–Crippen MR) is 400 cm³/mol. The zero-order valence-electron chi connectivity index (χ0n) is 60.4. The number of phenolic OH excluding ortho intramolecular Hbond substituents is 2.